The van der Waals surface area contributed by atoms with Gasteiger partial charge in [-0.2, -0.15) is 0 Å². The highest BCUT2D eigenvalue weighted by molar-refractivity contribution is 6.07. The average molecular weight is 399 g/mol. The maximum Gasteiger partial charge on any atom is 0.326 e. The smallest absolute Gasteiger partial charge is 0.326 e. The topological polar surface area (TPSA) is 79.0 Å². The van der Waals surface area contributed by atoms with Crippen molar-refractivity contribution in [2.45, 2.75) is 51.5 Å². The number of likely N-dealkylation sites (tertiary alicyclic amines) is 1. The zero-order valence-corrected chi connectivity index (χ0v) is 17.2. The van der Waals surface area contributed by atoms with Crippen molar-refractivity contribution < 1.29 is 19.1 Å². The zero-order chi connectivity index (χ0) is 20.6. The molecule has 0 unspecified atom stereocenters. The number of carbonyl (C=O) groups excluding carboxylic acids is 3. The molecule has 1 aliphatic carbocycles. The molecule has 1 aromatic rings. The van der Waals surface area contributed by atoms with Gasteiger partial charge in [0.1, 0.15) is 5.54 Å². The highest BCUT2D eigenvalue weighted by Gasteiger charge is 2.49. The number of carbonyl (C=O) groups is 3. The van der Waals surface area contributed by atoms with E-state index in [9.17, 15) is 14.4 Å². The molecule has 2 fully saturated rings. The summed E-state index contributed by atoms with van der Waals surface area (Å²) >= 11 is 0. The molecule has 3 amide bonds. The van der Waals surface area contributed by atoms with E-state index in [0.29, 0.717) is 32.5 Å². The van der Waals surface area contributed by atoms with Gasteiger partial charge >= 0.3 is 12.0 Å². The lowest BCUT2D eigenvalue weighted by Crippen LogP contribution is -2.46. The van der Waals surface area contributed by atoms with E-state index in [0.717, 1.165) is 24.8 Å². The van der Waals surface area contributed by atoms with Gasteiger partial charge < -0.3 is 10.1 Å². The minimum Gasteiger partial charge on any atom is -0.466 e. The Balaban J connectivity index is 1.42. The number of rotatable bonds is 5. The van der Waals surface area contributed by atoms with Gasteiger partial charge in [-0.1, -0.05) is 18.2 Å². The highest BCUT2D eigenvalue weighted by Crippen LogP contribution is 2.33. The Kier molecular flexibility index (Phi) is 5.34. The van der Waals surface area contributed by atoms with Crippen molar-refractivity contribution in [3.8, 4) is 0 Å². The van der Waals surface area contributed by atoms with Gasteiger partial charge in [-0.15, -0.1) is 0 Å². The fourth-order valence-electron chi connectivity index (χ4n) is 4.67. The molecular weight excluding hydrogens is 370 g/mol. The SMILES string of the molecule is CCOC(=O)C1CCN(CN2C(=O)N[C@](C)(c3ccc4c(c3)CCC4)C2=O)CC1. The second-order valence-electron chi connectivity index (χ2n) is 8.41. The Morgan fingerprint density at radius 3 is 2.66 bits per heavy atom. The quantitative estimate of drug-likeness (QED) is 0.606. The minimum absolute atomic E-state index is 0.0917. The number of piperidine rings is 1. The fourth-order valence-corrected chi connectivity index (χ4v) is 4.67. The summed E-state index contributed by atoms with van der Waals surface area (Å²) in [5, 5.41) is 2.91. The van der Waals surface area contributed by atoms with Crippen molar-refractivity contribution in [3.05, 3.63) is 34.9 Å². The van der Waals surface area contributed by atoms with Gasteiger partial charge in [-0.3, -0.25) is 14.5 Å². The number of urea groups is 1. The Bertz CT molecular complexity index is 831. The van der Waals surface area contributed by atoms with Crippen LogP contribution in [0.3, 0.4) is 0 Å². The van der Waals surface area contributed by atoms with Crippen molar-refractivity contribution in [2.75, 3.05) is 26.4 Å². The van der Waals surface area contributed by atoms with Gasteiger partial charge in [0.2, 0.25) is 0 Å². The molecule has 0 saturated carbocycles. The van der Waals surface area contributed by atoms with Crippen LogP contribution in [0.2, 0.25) is 0 Å². The number of amides is 3. The Labute approximate surface area is 171 Å². The van der Waals surface area contributed by atoms with Crippen LogP contribution in [0.1, 0.15) is 49.8 Å². The first-order chi connectivity index (χ1) is 13.9. The largest absolute Gasteiger partial charge is 0.466 e. The summed E-state index contributed by atoms with van der Waals surface area (Å²) in [4.78, 5) is 41.1. The van der Waals surface area contributed by atoms with Crippen LogP contribution in [0.5, 0.6) is 0 Å². The first kappa shape index (κ1) is 19.9. The molecule has 1 atom stereocenters. The fraction of sp³-hybridized carbons (Fsp3) is 0.591. The predicted molar refractivity (Wildman–Crippen MR) is 107 cm³/mol. The van der Waals surface area contributed by atoms with Crippen molar-refractivity contribution in [3.63, 3.8) is 0 Å². The number of nitrogens with one attached hydrogen (secondary N) is 1. The van der Waals surface area contributed by atoms with Gasteiger partial charge in [-0.25, -0.2) is 9.69 Å². The van der Waals surface area contributed by atoms with Crippen LogP contribution < -0.4 is 5.32 Å². The normalized spacial score (nSPS) is 25.2. The summed E-state index contributed by atoms with van der Waals surface area (Å²) in [5.41, 5.74) is 2.44. The molecule has 29 heavy (non-hydrogen) atoms. The van der Waals surface area contributed by atoms with Crippen molar-refractivity contribution >= 4 is 17.9 Å². The van der Waals surface area contributed by atoms with Crippen molar-refractivity contribution in [1.82, 2.24) is 15.1 Å². The molecule has 156 valence electrons. The van der Waals surface area contributed by atoms with E-state index in [1.54, 1.807) is 6.92 Å². The maximum atomic E-state index is 13.2. The monoisotopic (exact) mass is 399 g/mol. The Hall–Kier alpha value is -2.41. The number of hydrogen-bond acceptors (Lipinski definition) is 5. The lowest BCUT2D eigenvalue weighted by Gasteiger charge is -2.33. The second kappa shape index (κ2) is 7.78. The van der Waals surface area contributed by atoms with Gasteiger partial charge in [0.15, 0.2) is 0 Å². The van der Waals surface area contributed by atoms with Crippen molar-refractivity contribution in [2.24, 2.45) is 5.92 Å². The van der Waals surface area contributed by atoms with E-state index in [4.69, 9.17) is 4.74 Å². The third-order valence-electron chi connectivity index (χ3n) is 6.50. The van der Waals surface area contributed by atoms with Crippen LogP contribution in [-0.4, -0.2) is 54.1 Å². The third kappa shape index (κ3) is 3.64. The number of esters is 1. The predicted octanol–water partition coefficient (Wildman–Crippen LogP) is 2.17. The third-order valence-corrected chi connectivity index (χ3v) is 6.50. The molecule has 0 bridgehead atoms. The average Bonchev–Trinajstić information content (AvgIpc) is 3.27. The van der Waals surface area contributed by atoms with Gasteiger partial charge in [0, 0.05) is 13.1 Å². The number of benzene rings is 1. The number of imide groups is 1. The molecule has 0 spiro atoms. The van der Waals surface area contributed by atoms with Crippen LogP contribution >= 0.6 is 0 Å². The summed E-state index contributed by atoms with van der Waals surface area (Å²) in [6, 6.07) is 5.78. The lowest BCUT2D eigenvalue weighted by molar-refractivity contribution is -0.150. The molecule has 7 heteroatoms. The van der Waals surface area contributed by atoms with E-state index in [2.05, 4.69) is 22.3 Å². The summed E-state index contributed by atoms with van der Waals surface area (Å²) in [6.45, 7) is 5.56. The Morgan fingerprint density at radius 2 is 1.93 bits per heavy atom. The molecule has 2 aliphatic heterocycles. The standard InChI is InChI=1S/C22H29N3O4/c1-3-29-19(26)16-9-11-24(12-10-16)14-25-20(27)22(2,23-21(25)28)18-8-7-15-5-4-6-17(15)13-18/h7-8,13,16H,3-6,9-12,14H2,1-2H3,(H,23,28)/t22-/m1/s1. The summed E-state index contributed by atoms with van der Waals surface area (Å²) in [6.07, 6.45) is 4.62. The number of nitrogens with zero attached hydrogens (tertiary/aromatic N) is 2. The second-order valence-corrected chi connectivity index (χ2v) is 8.41. The number of ether oxygens (including phenoxy) is 1. The van der Waals surface area contributed by atoms with Gasteiger partial charge in [0.05, 0.1) is 19.2 Å². The minimum atomic E-state index is -1.03. The van der Waals surface area contributed by atoms with E-state index in [1.807, 2.05) is 13.0 Å². The van der Waals surface area contributed by atoms with E-state index in [-0.39, 0.29) is 30.5 Å². The zero-order valence-electron chi connectivity index (χ0n) is 17.2. The first-order valence-corrected chi connectivity index (χ1v) is 10.6. The summed E-state index contributed by atoms with van der Waals surface area (Å²) < 4.78 is 5.11. The van der Waals surface area contributed by atoms with E-state index in [1.165, 1.54) is 16.0 Å². The number of hydrogen-bond donors (Lipinski definition) is 1. The van der Waals surface area contributed by atoms with Crippen LogP contribution in [0.25, 0.3) is 0 Å². The lowest BCUT2D eigenvalue weighted by atomic mass is 9.90. The Morgan fingerprint density at radius 1 is 1.21 bits per heavy atom. The number of fused-ring (bicyclic) bond motifs is 1. The maximum absolute atomic E-state index is 13.2. The van der Waals surface area contributed by atoms with Crippen LogP contribution in [0.15, 0.2) is 18.2 Å². The molecule has 3 aliphatic rings. The molecule has 0 radical (unpaired) electrons. The molecule has 4 rings (SSSR count). The summed E-state index contributed by atoms with van der Waals surface area (Å²) in [5.74, 6) is -0.453. The van der Waals surface area contributed by atoms with Crippen LogP contribution in [-0.2, 0) is 32.7 Å². The molecular formula is C22H29N3O4. The number of aryl methyl sites for hydroxylation is 2. The van der Waals surface area contributed by atoms with Crippen LogP contribution in [0, 0.1) is 5.92 Å². The molecule has 0 aromatic heterocycles. The molecule has 1 N–H and O–H groups in total. The highest BCUT2D eigenvalue weighted by atomic mass is 16.5. The molecule has 2 heterocycles. The van der Waals surface area contributed by atoms with Crippen LogP contribution in [0.4, 0.5) is 4.79 Å². The first-order valence-electron chi connectivity index (χ1n) is 10.6. The molecule has 1 aromatic carbocycles. The van der Waals surface area contributed by atoms with E-state index >= 15 is 0 Å². The molecule has 7 nitrogen and oxygen atoms in total. The van der Waals surface area contributed by atoms with Crippen molar-refractivity contribution in [1.29, 1.82) is 0 Å². The molecule has 2 saturated heterocycles. The van der Waals surface area contributed by atoms with Gasteiger partial charge in [-0.05, 0) is 62.6 Å². The van der Waals surface area contributed by atoms with Gasteiger partial charge in [0.25, 0.3) is 5.91 Å². The summed E-state index contributed by atoms with van der Waals surface area (Å²) in [7, 11) is 0. The van der Waals surface area contributed by atoms with E-state index < -0.39 is 5.54 Å².